The summed E-state index contributed by atoms with van der Waals surface area (Å²) in [5.74, 6) is -0.619. The van der Waals surface area contributed by atoms with E-state index in [1.165, 1.54) is 31.3 Å². The standard InChI is InChI=1S/C11H10N2O3S/c1-6(14)13(7(2)15)11-12-9-4-3-8(16)5-10(9)17-11/h3-5,16H,1-2H3. The fourth-order valence-corrected chi connectivity index (χ4v) is 2.57. The van der Waals surface area contributed by atoms with Crippen molar-refractivity contribution in [3.8, 4) is 5.75 Å². The number of amides is 2. The molecule has 0 atom stereocenters. The smallest absolute Gasteiger partial charge is 0.232 e. The summed E-state index contributed by atoms with van der Waals surface area (Å²) in [6.45, 7) is 2.62. The zero-order chi connectivity index (χ0) is 12.6. The molecule has 0 bridgehead atoms. The molecule has 0 aliphatic heterocycles. The van der Waals surface area contributed by atoms with E-state index in [4.69, 9.17) is 0 Å². The Balaban J connectivity index is 2.55. The first-order chi connectivity index (χ1) is 7.99. The number of hydrogen-bond acceptors (Lipinski definition) is 5. The number of aromatic hydroxyl groups is 1. The first kappa shape index (κ1) is 11.5. The van der Waals surface area contributed by atoms with Crippen molar-refractivity contribution in [3.63, 3.8) is 0 Å². The summed E-state index contributed by atoms with van der Waals surface area (Å²) in [6, 6.07) is 4.70. The Hall–Kier alpha value is -1.95. The van der Waals surface area contributed by atoms with Gasteiger partial charge in [0, 0.05) is 13.8 Å². The van der Waals surface area contributed by atoms with Gasteiger partial charge in [0.25, 0.3) is 0 Å². The highest BCUT2D eigenvalue weighted by atomic mass is 32.1. The molecule has 88 valence electrons. The van der Waals surface area contributed by atoms with E-state index in [2.05, 4.69) is 4.98 Å². The van der Waals surface area contributed by atoms with Gasteiger partial charge in [-0.3, -0.25) is 9.59 Å². The normalized spacial score (nSPS) is 10.5. The van der Waals surface area contributed by atoms with Gasteiger partial charge in [-0.15, -0.1) is 0 Å². The molecule has 5 nitrogen and oxygen atoms in total. The largest absolute Gasteiger partial charge is 0.508 e. The van der Waals surface area contributed by atoms with Gasteiger partial charge in [-0.2, -0.15) is 0 Å². The lowest BCUT2D eigenvalue weighted by Gasteiger charge is -2.12. The molecule has 0 spiro atoms. The maximum atomic E-state index is 11.4. The zero-order valence-corrected chi connectivity index (χ0v) is 10.1. The maximum Gasteiger partial charge on any atom is 0.232 e. The van der Waals surface area contributed by atoms with Crippen molar-refractivity contribution >= 4 is 38.5 Å². The molecule has 2 rings (SSSR count). The third kappa shape index (κ3) is 2.12. The van der Waals surface area contributed by atoms with Gasteiger partial charge in [-0.25, -0.2) is 9.88 Å². The van der Waals surface area contributed by atoms with Crippen LogP contribution in [0.15, 0.2) is 18.2 Å². The van der Waals surface area contributed by atoms with E-state index in [0.717, 1.165) is 9.60 Å². The Morgan fingerprint density at radius 1 is 1.29 bits per heavy atom. The number of aromatic nitrogens is 1. The zero-order valence-electron chi connectivity index (χ0n) is 9.30. The third-order valence-corrected chi connectivity index (χ3v) is 3.19. The fraction of sp³-hybridized carbons (Fsp3) is 0.182. The number of benzene rings is 1. The van der Waals surface area contributed by atoms with Crippen LogP contribution < -0.4 is 4.90 Å². The Morgan fingerprint density at radius 3 is 2.53 bits per heavy atom. The van der Waals surface area contributed by atoms with Crippen LogP contribution in [-0.2, 0) is 9.59 Å². The number of nitrogens with zero attached hydrogens (tertiary/aromatic N) is 2. The number of carbonyl (C=O) groups is 2. The molecule has 2 amide bonds. The number of hydrogen-bond donors (Lipinski definition) is 1. The van der Waals surface area contributed by atoms with Gasteiger partial charge in [0.1, 0.15) is 5.75 Å². The van der Waals surface area contributed by atoms with Crippen molar-refractivity contribution in [2.45, 2.75) is 13.8 Å². The lowest BCUT2D eigenvalue weighted by Crippen LogP contribution is -2.32. The number of fused-ring (bicyclic) bond motifs is 1. The molecule has 1 aromatic heterocycles. The SMILES string of the molecule is CC(=O)N(C(C)=O)c1nc2ccc(O)cc2s1. The van der Waals surface area contributed by atoms with Gasteiger partial charge in [0.2, 0.25) is 11.8 Å². The minimum atomic E-state index is -0.374. The lowest BCUT2D eigenvalue weighted by molar-refractivity contribution is -0.124. The van der Waals surface area contributed by atoms with E-state index in [1.54, 1.807) is 12.1 Å². The minimum Gasteiger partial charge on any atom is -0.508 e. The molecule has 0 unspecified atom stereocenters. The summed E-state index contributed by atoms with van der Waals surface area (Å²) < 4.78 is 0.729. The molecule has 0 aliphatic rings. The summed E-state index contributed by atoms with van der Waals surface area (Å²) in [5.41, 5.74) is 0.648. The molecule has 0 fully saturated rings. The lowest BCUT2D eigenvalue weighted by atomic mass is 10.3. The Kier molecular flexibility index (Phi) is 2.81. The second-order valence-electron chi connectivity index (χ2n) is 3.52. The highest BCUT2D eigenvalue weighted by molar-refractivity contribution is 7.22. The molecule has 1 N–H and O–H groups in total. The highest BCUT2D eigenvalue weighted by Crippen LogP contribution is 2.31. The number of phenols is 1. The molecule has 6 heteroatoms. The molecule has 0 aliphatic carbocycles. The summed E-state index contributed by atoms with van der Waals surface area (Å²) in [6.07, 6.45) is 0. The number of imide groups is 1. The van der Waals surface area contributed by atoms with Gasteiger partial charge in [-0.05, 0) is 18.2 Å². The third-order valence-electron chi connectivity index (χ3n) is 2.18. The monoisotopic (exact) mass is 250 g/mol. The van der Waals surface area contributed by atoms with Crippen LogP contribution in [0.5, 0.6) is 5.75 Å². The molecule has 1 heterocycles. The number of phenolic OH excluding ortho intramolecular Hbond substituents is 1. The van der Waals surface area contributed by atoms with E-state index in [0.29, 0.717) is 10.6 Å². The van der Waals surface area contributed by atoms with Crippen molar-refractivity contribution in [2.24, 2.45) is 0 Å². The predicted octanol–water partition coefficient (Wildman–Crippen LogP) is 1.90. The summed E-state index contributed by atoms with van der Waals surface area (Å²) in [7, 11) is 0. The predicted molar refractivity (Wildman–Crippen MR) is 65.1 cm³/mol. The van der Waals surface area contributed by atoms with Gasteiger partial charge >= 0.3 is 0 Å². The van der Waals surface area contributed by atoms with Crippen LogP contribution in [0.1, 0.15) is 13.8 Å². The molecular formula is C11H10N2O3S. The number of carbonyl (C=O) groups excluding carboxylic acids is 2. The van der Waals surface area contributed by atoms with Crippen molar-refractivity contribution < 1.29 is 14.7 Å². The van der Waals surface area contributed by atoms with Gasteiger partial charge < -0.3 is 5.11 Å². The highest BCUT2D eigenvalue weighted by Gasteiger charge is 2.20. The Bertz CT molecular complexity index is 592. The first-order valence-electron chi connectivity index (χ1n) is 4.90. The van der Waals surface area contributed by atoms with Crippen LogP contribution in [0, 0.1) is 0 Å². The van der Waals surface area contributed by atoms with Crippen LogP contribution >= 0.6 is 11.3 Å². The van der Waals surface area contributed by atoms with Crippen LogP contribution in [0.2, 0.25) is 0 Å². The summed E-state index contributed by atoms with van der Waals surface area (Å²) in [4.78, 5) is 27.9. The van der Waals surface area contributed by atoms with E-state index < -0.39 is 0 Å². The quantitative estimate of drug-likeness (QED) is 0.839. The van der Waals surface area contributed by atoms with Crippen molar-refractivity contribution in [1.29, 1.82) is 0 Å². The molecule has 0 saturated carbocycles. The maximum absolute atomic E-state index is 11.4. The molecule has 0 radical (unpaired) electrons. The minimum absolute atomic E-state index is 0.130. The Labute approximate surface area is 101 Å². The van der Waals surface area contributed by atoms with E-state index in [1.807, 2.05) is 0 Å². The van der Waals surface area contributed by atoms with Crippen LogP contribution in [-0.4, -0.2) is 21.9 Å². The summed E-state index contributed by atoms with van der Waals surface area (Å²) >= 11 is 1.19. The van der Waals surface area contributed by atoms with E-state index in [9.17, 15) is 14.7 Å². The molecule has 0 saturated heterocycles. The topological polar surface area (TPSA) is 70.5 Å². The Morgan fingerprint density at radius 2 is 1.94 bits per heavy atom. The van der Waals surface area contributed by atoms with Gasteiger partial charge in [0.05, 0.1) is 10.2 Å². The number of thiazole rings is 1. The van der Waals surface area contributed by atoms with Crippen LogP contribution in [0.25, 0.3) is 10.2 Å². The second kappa shape index (κ2) is 4.14. The average Bonchev–Trinajstić information content (AvgIpc) is 2.58. The van der Waals surface area contributed by atoms with Gasteiger partial charge in [0.15, 0.2) is 5.13 Å². The van der Waals surface area contributed by atoms with E-state index in [-0.39, 0.29) is 17.6 Å². The summed E-state index contributed by atoms with van der Waals surface area (Å²) in [5, 5.41) is 9.65. The fourth-order valence-electron chi connectivity index (χ4n) is 1.49. The van der Waals surface area contributed by atoms with Crippen molar-refractivity contribution in [3.05, 3.63) is 18.2 Å². The van der Waals surface area contributed by atoms with Crippen LogP contribution in [0.4, 0.5) is 5.13 Å². The number of anilines is 1. The first-order valence-corrected chi connectivity index (χ1v) is 5.71. The van der Waals surface area contributed by atoms with Crippen molar-refractivity contribution in [2.75, 3.05) is 4.90 Å². The van der Waals surface area contributed by atoms with Crippen molar-refractivity contribution in [1.82, 2.24) is 4.98 Å². The molecule has 17 heavy (non-hydrogen) atoms. The number of rotatable bonds is 1. The van der Waals surface area contributed by atoms with E-state index >= 15 is 0 Å². The molecular weight excluding hydrogens is 240 g/mol. The average molecular weight is 250 g/mol. The molecule has 2 aromatic rings. The van der Waals surface area contributed by atoms with Gasteiger partial charge in [-0.1, -0.05) is 11.3 Å². The van der Waals surface area contributed by atoms with Crippen LogP contribution in [0.3, 0.4) is 0 Å². The molecule has 1 aromatic carbocycles. The second-order valence-corrected chi connectivity index (χ2v) is 4.53.